The number of benzene rings is 2. The Morgan fingerprint density at radius 2 is 1.50 bits per heavy atom. The van der Waals surface area contributed by atoms with Gasteiger partial charge in [-0.15, -0.1) is 0 Å². The Balaban J connectivity index is 2.44. The van der Waals surface area contributed by atoms with Gasteiger partial charge in [-0.3, -0.25) is 0 Å². The molecule has 3 heteroatoms. The molecule has 0 aliphatic heterocycles. The van der Waals surface area contributed by atoms with E-state index in [1.165, 1.54) is 24.8 Å². The van der Waals surface area contributed by atoms with Gasteiger partial charge in [0.15, 0.2) is 17.4 Å². The SMILES string of the molecule is CCc1ccc(-c2cc(F)c(OC)c(F)c2)cc1. The first-order valence-corrected chi connectivity index (χ1v) is 5.78. The summed E-state index contributed by atoms with van der Waals surface area (Å²) in [6.45, 7) is 2.06. The zero-order valence-corrected chi connectivity index (χ0v) is 10.3. The van der Waals surface area contributed by atoms with E-state index in [2.05, 4.69) is 11.7 Å². The summed E-state index contributed by atoms with van der Waals surface area (Å²) in [6, 6.07) is 10.2. The van der Waals surface area contributed by atoms with Gasteiger partial charge in [0.05, 0.1) is 7.11 Å². The molecule has 0 aliphatic rings. The minimum absolute atomic E-state index is 0.344. The van der Waals surface area contributed by atoms with Crippen molar-refractivity contribution in [3.8, 4) is 16.9 Å². The molecule has 0 saturated carbocycles. The third-order valence-electron chi connectivity index (χ3n) is 2.90. The van der Waals surface area contributed by atoms with E-state index in [-0.39, 0.29) is 5.75 Å². The number of hydrogen-bond donors (Lipinski definition) is 0. The Kier molecular flexibility index (Phi) is 3.60. The molecule has 0 unspecified atom stereocenters. The third kappa shape index (κ3) is 2.35. The molecule has 1 nitrogen and oxygen atoms in total. The highest BCUT2D eigenvalue weighted by Gasteiger charge is 2.12. The molecular weight excluding hydrogens is 234 g/mol. The first-order valence-electron chi connectivity index (χ1n) is 5.78. The lowest BCUT2D eigenvalue weighted by Crippen LogP contribution is -1.93. The van der Waals surface area contributed by atoms with Crippen molar-refractivity contribution in [2.24, 2.45) is 0 Å². The minimum atomic E-state index is -0.688. The van der Waals surface area contributed by atoms with Crippen molar-refractivity contribution >= 4 is 0 Å². The fourth-order valence-corrected chi connectivity index (χ4v) is 1.85. The molecule has 2 aromatic rings. The Morgan fingerprint density at radius 3 is 1.94 bits per heavy atom. The van der Waals surface area contributed by atoms with Gasteiger partial charge >= 0.3 is 0 Å². The Morgan fingerprint density at radius 1 is 0.944 bits per heavy atom. The topological polar surface area (TPSA) is 9.23 Å². The summed E-state index contributed by atoms with van der Waals surface area (Å²) in [6.07, 6.45) is 0.936. The van der Waals surface area contributed by atoms with Gasteiger partial charge in [-0.1, -0.05) is 31.2 Å². The van der Waals surface area contributed by atoms with Gasteiger partial charge in [0.1, 0.15) is 0 Å². The summed E-state index contributed by atoms with van der Waals surface area (Å²) in [5, 5.41) is 0. The summed E-state index contributed by atoms with van der Waals surface area (Å²) in [5.41, 5.74) is 2.48. The van der Waals surface area contributed by atoms with E-state index in [0.29, 0.717) is 5.56 Å². The highest BCUT2D eigenvalue weighted by Crippen LogP contribution is 2.28. The average molecular weight is 248 g/mol. The monoisotopic (exact) mass is 248 g/mol. The molecule has 0 amide bonds. The van der Waals surface area contributed by atoms with Crippen LogP contribution in [0.3, 0.4) is 0 Å². The van der Waals surface area contributed by atoms with Crippen LogP contribution in [0.2, 0.25) is 0 Å². The van der Waals surface area contributed by atoms with Crippen LogP contribution >= 0.6 is 0 Å². The number of halogens is 2. The van der Waals surface area contributed by atoms with Crippen LogP contribution in [0.1, 0.15) is 12.5 Å². The van der Waals surface area contributed by atoms with E-state index in [1.54, 1.807) is 0 Å². The zero-order valence-electron chi connectivity index (χ0n) is 10.3. The second kappa shape index (κ2) is 5.17. The fourth-order valence-electron chi connectivity index (χ4n) is 1.85. The van der Waals surface area contributed by atoms with Crippen LogP contribution in [-0.4, -0.2) is 7.11 Å². The molecule has 94 valence electrons. The van der Waals surface area contributed by atoms with E-state index in [9.17, 15) is 8.78 Å². The normalized spacial score (nSPS) is 10.4. The van der Waals surface area contributed by atoms with Crippen LogP contribution in [0.4, 0.5) is 8.78 Å². The van der Waals surface area contributed by atoms with E-state index < -0.39 is 11.6 Å². The highest BCUT2D eigenvalue weighted by atomic mass is 19.1. The lowest BCUT2D eigenvalue weighted by Gasteiger charge is -2.07. The van der Waals surface area contributed by atoms with Gasteiger partial charge in [0.2, 0.25) is 0 Å². The van der Waals surface area contributed by atoms with Crippen LogP contribution in [0.15, 0.2) is 36.4 Å². The second-order valence-electron chi connectivity index (χ2n) is 4.02. The molecule has 0 N–H and O–H groups in total. The standard InChI is InChI=1S/C15H14F2O/c1-3-10-4-6-11(7-5-10)12-8-13(16)15(18-2)14(17)9-12/h4-9H,3H2,1-2H3. The Labute approximate surface area is 105 Å². The van der Waals surface area contributed by atoms with E-state index in [1.807, 2.05) is 24.3 Å². The number of ether oxygens (including phenoxy) is 1. The van der Waals surface area contributed by atoms with Crippen LogP contribution < -0.4 is 4.74 Å². The molecule has 0 radical (unpaired) electrons. The van der Waals surface area contributed by atoms with Gasteiger partial charge in [-0.2, -0.15) is 0 Å². The maximum Gasteiger partial charge on any atom is 0.190 e. The van der Waals surface area contributed by atoms with Gasteiger partial charge in [0, 0.05) is 0 Å². The van der Waals surface area contributed by atoms with Crippen LogP contribution in [-0.2, 0) is 6.42 Å². The van der Waals surface area contributed by atoms with Gasteiger partial charge in [-0.05, 0) is 35.2 Å². The smallest absolute Gasteiger partial charge is 0.190 e. The van der Waals surface area contributed by atoms with Gasteiger partial charge in [-0.25, -0.2) is 8.78 Å². The van der Waals surface area contributed by atoms with Crippen LogP contribution in [0.25, 0.3) is 11.1 Å². The van der Waals surface area contributed by atoms with Gasteiger partial charge < -0.3 is 4.74 Å². The minimum Gasteiger partial charge on any atom is -0.491 e. The van der Waals surface area contributed by atoms with E-state index >= 15 is 0 Å². The second-order valence-corrected chi connectivity index (χ2v) is 4.02. The maximum absolute atomic E-state index is 13.6. The molecular formula is C15H14F2O. The van der Waals surface area contributed by atoms with Crippen molar-refractivity contribution in [1.82, 2.24) is 0 Å². The van der Waals surface area contributed by atoms with Crippen molar-refractivity contribution in [3.63, 3.8) is 0 Å². The molecule has 0 aliphatic carbocycles. The Bertz CT molecular complexity index is 524. The predicted octanol–water partition coefficient (Wildman–Crippen LogP) is 4.20. The van der Waals surface area contributed by atoms with E-state index in [0.717, 1.165) is 12.0 Å². The van der Waals surface area contributed by atoms with Crippen molar-refractivity contribution in [1.29, 1.82) is 0 Å². The molecule has 18 heavy (non-hydrogen) atoms. The molecule has 0 heterocycles. The average Bonchev–Trinajstić information content (AvgIpc) is 2.38. The lowest BCUT2D eigenvalue weighted by atomic mass is 10.0. The number of rotatable bonds is 3. The maximum atomic E-state index is 13.6. The molecule has 2 rings (SSSR count). The Hall–Kier alpha value is -1.90. The molecule has 0 spiro atoms. The summed E-state index contributed by atoms with van der Waals surface area (Å²) in [7, 11) is 1.25. The van der Waals surface area contributed by atoms with Crippen molar-refractivity contribution in [2.45, 2.75) is 13.3 Å². The third-order valence-corrected chi connectivity index (χ3v) is 2.90. The first-order chi connectivity index (χ1) is 8.65. The number of hydrogen-bond acceptors (Lipinski definition) is 1. The molecule has 0 atom stereocenters. The zero-order chi connectivity index (χ0) is 13.1. The molecule has 0 fully saturated rings. The number of aryl methyl sites for hydroxylation is 1. The molecule has 2 aromatic carbocycles. The highest BCUT2D eigenvalue weighted by molar-refractivity contribution is 5.65. The van der Waals surface area contributed by atoms with Crippen molar-refractivity contribution in [2.75, 3.05) is 7.11 Å². The summed E-state index contributed by atoms with van der Waals surface area (Å²) in [4.78, 5) is 0. The van der Waals surface area contributed by atoms with E-state index in [4.69, 9.17) is 0 Å². The summed E-state index contributed by atoms with van der Waals surface area (Å²) in [5.74, 6) is -1.72. The predicted molar refractivity (Wildman–Crippen MR) is 67.7 cm³/mol. The summed E-state index contributed by atoms with van der Waals surface area (Å²) >= 11 is 0. The van der Waals surface area contributed by atoms with Gasteiger partial charge in [0.25, 0.3) is 0 Å². The lowest BCUT2D eigenvalue weighted by molar-refractivity contribution is 0.360. The number of methoxy groups -OCH3 is 1. The molecule has 0 saturated heterocycles. The first kappa shape index (κ1) is 12.6. The molecule has 0 bridgehead atoms. The largest absolute Gasteiger partial charge is 0.491 e. The quantitative estimate of drug-likeness (QED) is 0.790. The van der Waals surface area contributed by atoms with Crippen molar-refractivity contribution < 1.29 is 13.5 Å². The summed E-state index contributed by atoms with van der Waals surface area (Å²) < 4.78 is 31.8. The fraction of sp³-hybridized carbons (Fsp3) is 0.200. The van der Waals surface area contributed by atoms with Crippen LogP contribution in [0, 0.1) is 11.6 Å². The van der Waals surface area contributed by atoms with Crippen LogP contribution in [0.5, 0.6) is 5.75 Å². The van der Waals surface area contributed by atoms with Crippen molar-refractivity contribution in [3.05, 3.63) is 53.6 Å². The molecule has 0 aromatic heterocycles.